The predicted octanol–water partition coefficient (Wildman–Crippen LogP) is 0.999. The van der Waals surface area contributed by atoms with Gasteiger partial charge >= 0.3 is 22.8 Å². The van der Waals surface area contributed by atoms with E-state index in [4.69, 9.17) is 49.4 Å². The second-order valence-electron chi connectivity index (χ2n) is 15.2. The molecule has 12 rings (SSSR count). The number of ether oxygens (including phenoxy) is 4. The fourth-order valence-corrected chi connectivity index (χ4v) is 6.83. The van der Waals surface area contributed by atoms with Gasteiger partial charge in [-0.05, 0) is 69.2 Å². The molecule has 79 heavy (non-hydrogen) atoms. The average Bonchev–Trinajstić information content (AvgIpc) is 4.34. The Morgan fingerprint density at radius 1 is 0.506 bits per heavy atom. The molecule has 0 saturated heterocycles. The maximum Gasteiger partial charge on any atom is 0.368 e. The first kappa shape index (κ1) is 48.0. The summed E-state index contributed by atoms with van der Waals surface area (Å²) in [7, 11) is 5.89. The van der Waals surface area contributed by atoms with E-state index in [1.807, 2.05) is 0 Å². The van der Waals surface area contributed by atoms with Gasteiger partial charge in [-0.2, -0.15) is 41.8 Å². The number of H-pyrrole nitrogens is 4. The number of aryl methyl sites for hydroxylation is 4. The zero-order valence-electron chi connectivity index (χ0n) is 44.6. The van der Waals surface area contributed by atoms with E-state index in [2.05, 4.69) is 82.4 Å². The highest BCUT2D eigenvalue weighted by Gasteiger charge is 2.22. The van der Waals surface area contributed by atoms with Gasteiger partial charge in [0.05, 0.1) is 28.5 Å². The van der Waals surface area contributed by atoms with Crippen molar-refractivity contribution in [1.82, 2.24) is 120 Å². The lowest BCUT2D eigenvalue weighted by Gasteiger charge is -2.03. The molecule has 0 bridgehead atoms. The maximum atomic E-state index is 13.7. The summed E-state index contributed by atoms with van der Waals surface area (Å²) >= 11 is 9.19. The lowest BCUT2D eigenvalue weighted by molar-refractivity contribution is 0.272. The minimum Gasteiger partial charge on any atom is -0.472 e. The predicted molar refractivity (Wildman–Crippen MR) is 260 cm³/mol. The van der Waals surface area contributed by atoms with Gasteiger partial charge in [-0.25, -0.2) is 19.2 Å². The maximum absolute atomic E-state index is 13.7. The van der Waals surface area contributed by atoms with Gasteiger partial charge in [-0.15, -0.1) is 20.4 Å². The molecule has 0 spiro atoms. The molecule has 0 aliphatic carbocycles. The molecule has 0 fully saturated rings. The van der Waals surface area contributed by atoms with Gasteiger partial charge in [-0.1, -0.05) is 0 Å². The summed E-state index contributed by atoms with van der Waals surface area (Å²) in [6.07, 6.45) is 12.2. The van der Waals surface area contributed by atoms with Crippen LogP contribution >= 0.6 is 27.5 Å². The van der Waals surface area contributed by atoms with E-state index in [1.165, 1.54) is 90.2 Å². The van der Waals surface area contributed by atoms with Crippen LogP contribution in [-0.4, -0.2) is 120 Å². The summed E-state index contributed by atoms with van der Waals surface area (Å²) in [6.45, 7) is -0.0132. The molecular weight excluding hydrogens is 1140 g/mol. The summed E-state index contributed by atoms with van der Waals surface area (Å²) in [5.41, 5.74) is 1.15. The summed E-state index contributed by atoms with van der Waals surface area (Å²) < 4.78 is 93.0. The number of tetrazole rings is 4. The fraction of sp³-hybridized carbons (Fsp3) is 0.200. The van der Waals surface area contributed by atoms with Crippen molar-refractivity contribution in [2.75, 3.05) is 0 Å². The molecular formula is C40H37BrClFN24O12. The Hall–Kier alpha value is -10.7. The molecule has 0 radical (unpaired) electrons. The molecule has 12 aromatic heterocycles. The monoisotopic (exact) mass is 1190 g/mol. The first-order chi connectivity index (χ1) is 39.8. The zero-order chi connectivity index (χ0) is 59.1. The van der Waals surface area contributed by atoms with E-state index in [0.29, 0.717) is 44.3 Å². The quantitative estimate of drug-likeness (QED) is 0.105. The number of aromatic amines is 4. The van der Waals surface area contributed by atoms with E-state index in [9.17, 15) is 23.6 Å². The van der Waals surface area contributed by atoms with Crippen molar-refractivity contribution in [3.63, 3.8) is 0 Å². The third-order valence-corrected chi connectivity index (χ3v) is 11.2. The number of aromatic nitrogens is 24. The minimum absolute atomic E-state index is 0.00266. The van der Waals surface area contributed by atoms with Crippen LogP contribution in [0.15, 0.2) is 122 Å². The van der Waals surface area contributed by atoms with Crippen LogP contribution in [0.1, 0.15) is 22.3 Å². The van der Waals surface area contributed by atoms with Crippen molar-refractivity contribution < 1.29 is 46.7 Å². The van der Waals surface area contributed by atoms with Crippen molar-refractivity contribution in [1.29, 1.82) is 0 Å². The standard InChI is InChI=1S/C10H9BrN6O3.C10H9ClN6O3.C10H9FN6O3.C10H10N6O3/c3*1-16-10(18)17(15-14-16)7-5-20-9(11)6(7)4-19-8-2-3-12-13-8;1-15-10(17)16(14-13-15)8-6-18-4-7(8)5-19-9-2-3-11-12-9/h3*2-3,5H,4H2,1H3,(H,12,13);2-4,6H,5H2,1H3,(H,11,12)/i/hT4. The lowest BCUT2D eigenvalue weighted by Crippen LogP contribution is -2.22. The number of hydrogen-bond donors (Lipinski definition) is 4. The van der Waals surface area contributed by atoms with Crippen molar-refractivity contribution in [2.24, 2.45) is 28.2 Å². The molecule has 0 unspecified atom stereocenters. The van der Waals surface area contributed by atoms with Gasteiger partial charge in [0.15, 0.2) is 10.3 Å². The highest BCUT2D eigenvalue weighted by molar-refractivity contribution is 9.10. The second kappa shape index (κ2) is 23.9. The molecule has 0 amide bonds. The van der Waals surface area contributed by atoms with Crippen molar-refractivity contribution >= 4 is 27.5 Å². The molecule has 0 atom stereocenters. The van der Waals surface area contributed by atoms with Gasteiger partial charge in [0.25, 0.3) is 6.01 Å². The zero-order valence-corrected chi connectivity index (χ0v) is 42.9. The molecule has 0 saturated carbocycles. The highest BCUT2D eigenvalue weighted by atomic mass is 79.9. The van der Waals surface area contributed by atoms with E-state index < -0.39 is 23.1 Å². The Bertz CT molecular complexity index is 4060. The minimum atomic E-state index is -0.896. The molecule has 12 aromatic rings. The highest BCUT2D eigenvalue weighted by Crippen LogP contribution is 2.27. The topological polar surface area (TPSA) is 415 Å². The van der Waals surface area contributed by atoms with Gasteiger partial charge < -0.3 is 36.6 Å². The van der Waals surface area contributed by atoms with Gasteiger partial charge in [0.1, 0.15) is 74.2 Å². The van der Waals surface area contributed by atoms with Crippen LogP contribution in [-0.2, 0) is 54.6 Å². The second-order valence-corrected chi connectivity index (χ2v) is 16.3. The van der Waals surface area contributed by atoms with Crippen LogP contribution in [0.3, 0.4) is 0 Å². The van der Waals surface area contributed by atoms with Crippen LogP contribution in [0, 0.1) is 6.01 Å². The van der Waals surface area contributed by atoms with Crippen LogP contribution in [0.4, 0.5) is 4.39 Å². The molecule has 39 heteroatoms. The molecule has 0 aliphatic heterocycles. The summed E-state index contributed by atoms with van der Waals surface area (Å²) in [4.78, 5) is 47.3. The summed E-state index contributed by atoms with van der Waals surface area (Å²) in [6, 6.07) is 5.18. The van der Waals surface area contributed by atoms with E-state index in [1.54, 1.807) is 12.1 Å². The number of furan rings is 4. The van der Waals surface area contributed by atoms with Gasteiger partial charge in [-0.3, -0.25) is 20.4 Å². The third kappa shape index (κ3) is 12.1. The number of halogens is 3. The average molecular weight is 1190 g/mol. The van der Waals surface area contributed by atoms with Crippen molar-refractivity contribution in [3.05, 3.63) is 160 Å². The molecule has 0 aromatic carbocycles. The SMILES string of the molecule is [3H]n1ccc(OCc2c(-n3nnn(C)c3=O)coc2Br)n1.[3H]n1ccc(OCc2c(-n3nnn(C)c3=O)coc2Cl)n1.[3H]n1ccc(OCc2c(-n3nnn(C)c3=O)coc2F)n1.[3H]n1ccc(OCc2cocc2-n2nnn(C)c2=O)n1. The molecule has 0 aliphatic rings. The smallest absolute Gasteiger partial charge is 0.368 e. The molecule has 36 nitrogen and oxygen atoms in total. The Kier molecular flexibility index (Phi) is 14.5. The first-order valence-electron chi connectivity index (χ1n) is 23.6. The molecule has 12 heterocycles. The Balaban J connectivity index is 0.000000133. The Labute approximate surface area is 454 Å². The number of nitrogens with one attached hydrogen (secondary N) is 4. The van der Waals surface area contributed by atoms with E-state index in [-0.39, 0.29) is 66.2 Å². The van der Waals surface area contributed by atoms with Gasteiger partial charge in [0, 0.05) is 77.2 Å². The van der Waals surface area contributed by atoms with E-state index in [0.717, 1.165) is 64.1 Å². The lowest BCUT2D eigenvalue weighted by atomic mass is 10.3. The van der Waals surface area contributed by atoms with Crippen molar-refractivity contribution in [3.8, 4) is 46.3 Å². The Morgan fingerprint density at radius 2 is 0.873 bits per heavy atom. The van der Waals surface area contributed by atoms with Crippen LogP contribution < -0.4 is 41.7 Å². The number of rotatable bonds is 16. The Morgan fingerprint density at radius 3 is 1.29 bits per heavy atom. The number of nitrogens with zero attached hydrogens (tertiary/aromatic N) is 20. The largest absolute Gasteiger partial charge is 0.472 e. The van der Waals surface area contributed by atoms with E-state index >= 15 is 0 Å². The molecule has 4 N–H and O–H groups in total. The number of hydrogen-bond acceptors (Lipinski definition) is 24. The fourth-order valence-electron chi connectivity index (χ4n) is 6.23. The van der Waals surface area contributed by atoms with Crippen LogP contribution in [0.2, 0.25) is 10.9 Å². The molecule has 410 valence electrons. The van der Waals surface area contributed by atoms with Crippen molar-refractivity contribution in [2.45, 2.75) is 26.4 Å². The summed E-state index contributed by atoms with van der Waals surface area (Å²) in [5.74, 6) is 0.983. The normalized spacial score (nSPS) is 11.6. The van der Waals surface area contributed by atoms with Crippen LogP contribution in [0.5, 0.6) is 23.5 Å². The summed E-state index contributed by atoms with van der Waals surface area (Å²) in [5, 5.41) is 47.7. The third-order valence-electron chi connectivity index (χ3n) is 10.2. The first-order valence-corrected chi connectivity index (χ1v) is 23.0. The van der Waals surface area contributed by atoms with Crippen LogP contribution in [0.25, 0.3) is 22.7 Å². The van der Waals surface area contributed by atoms with Gasteiger partial charge in [0.2, 0.25) is 28.7 Å².